The summed E-state index contributed by atoms with van der Waals surface area (Å²) in [6.07, 6.45) is 5.99. The van der Waals surface area contributed by atoms with Gasteiger partial charge in [0.1, 0.15) is 11.3 Å². The number of aromatic nitrogens is 3. The van der Waals surface area contributed by atoms with Crippen molar-refractivity contribution in [3.05, 3.63) is 48.4 Å². The van der Waals surface area contributed by atoms with Gasteiger partial charge < -0.3 is 9.40 Å². The Morgan fingerprint density at radius 3 is 2.82 bits per heavy atom. The van der Waals surface area contributed by atoms with Crippen molar-refractivity contribution in [3.63, 3.8) is 0 Å². The van der Waals surface area contributed by atoms with Crippen LogP contribution in [0.15, 0.2) is 41.1 Å². The molecule has 1 aromatic carbocycles. The van der Waals surface area contributed by atoms with Gasteiger partial charge in [-0.05, 0) is 45.0 Å². The van der Waals surface area contributed by atoms with Crippen LogP contribution in [0.2, 0.25) is 0 Å². The largest absolute Gasteiger partial charge is 0.439 e. The Kier molecular flexibility index (Phi) is 3.42. The van der Waals surface area contributed by atoms with Crippen LogP contribution in [0.5, 0.6) is 0 Å². The van der Waals surface area contributed by atoms with E-state index in [0.29, 0.717) is 5.92 Å². The number of nitrogens with one attached hydrogen (secondary N) is 1. The highest BCUT2D eigenvalue weighted by Gasteiger charge is 2.27. The lowest BCUT2D eigenvalue weighted by molar-refractivity contribution is 0.142. The van der Waals surface area contributed by atoms with Crippen molar-refractivity contribution in [2.45, 2.75) is 31.7 Å². The molecule has 114 valence electrons. The number of piperidine rings is 1. The number of oxazole rings is 1. The summed E-state index contributed by atoms with van der Waals surface area (Å²) in [7, 11) is 0. The molecule has 3 aromatic rings. The first-order valence-corrected chi connectivity index (χ1v) is 7.90. The Bertz CT molecular complexity index is 708. The van der Waals surface area contributed by atoms with E-state index in [1.54, 1.807) is 0 Å². The second-order valence-corrected chi connectivity index (χ2v) is 5.98. The standard InChI is InChI=1S/C17H20N4O/c1-12(17-20-14-4-2-3-5-15(14)22-17)21-10-6-13(7-11-21)16-18-8-9-19-16/h2-5,8-9,12-13H,6-7,10-11H2,1H3,(H,18,19). The van der Waals surface area contributed by atoms with Crippen LogP contribution >= 0.6 is 0 Å². The molecule has 0 radical (unpaired) electrons. The van der Waals surface area contributed by atoms with Crippen molar-refractivity contribution in [2.75, 3.05) is 13.1 Å². The number of likely N-dealkylation sites (tertiary alicyclic amines) is 1. The summed E-state index contributed by atoms with van der Waals surface area (Å²) in [6.45, 7) is 4.27. The third kappa shape index (κ3) is 2.41. The van der Waals surface area contributed by atoms with Crippen LogP contribution in [0.3, 0.4) is 0 Å². The number of hydrogen-bond donors (Lipinski definition) is 1. The molecule has 0 bridgehead atoms. The number of benzene rings is 1. The lowest BCUT2D eigenvalue weighted by Crippen LogP contribution is -2.35. The predicted octanol–water partition coefficient (Wildman–Crippen LogP) is 3.49. The van der Waals surface area contributed by atoms with Crippen molar-refractivity contribution in [1.29, 1.82) is 0 Å². The molecule has 1 atom stereocenters. The molecule has 1 N–H and O–H groups in total. The minimum Gasteiger partial charge on any atom is -0.439 e. The zero-order valence-electron chi connectivity index (χ0n) is 12.7. The summed E-state index contributed by atoms with van der Waals surface area (Å²) >= 11 is 0. The highest BCUT2D eigenvalue weighted by atomic mass is 16.3. The Balaban J connectivity index is 1.46. The van der Waals surface area contributed by atoms with Crippen molar-refractivity contribution in [3.8, 4) is 0 Å². The van der Waals surface area contributed by atoms with Gasteiger partial charge in [0.25, 0.3) is 0 Å². The van der Waals surface area contributed by atoms with Crippen LogP contribution < -0.4 is 0 Å². The van der Waals surface area contributed by atoms with Crippen molar-refractivity contribution in [1.82, 2.24) is 19.9 Å². The summed E-state index contributed by atoms with van der Waals surface area (Å²) in [6, 6.07) is 8.16. The fourth-order valence-electron chi connectivity index (χ4n) is 3.29. The maximum atomic E-state index is 5.91. The van der Waals surface area contributed by atoms with Gasteiger partial charge in [-0.2, -0.15) is 0 Å². The summed E-state index contributed by atoms with van der Waals surface area (Å²) in [5.41, 5.74) is 1.81. The normalized spacial score (nSPS) is 18.8. The average Bonchev–Trinajstić information content (AvgIpc) is 3.23. The highest BCUT2D eigenvalue weighted by Crippen LogP contribution is 2.31. The van der Waals surface area contributed by atoms with E-state index in [0.717, 1.165) is 48.7 Å². The Hall–Kier alpha value is -2.14. The average molecular weight is 296 g/mol. The number of para-hydroxylation sites is 2. The van der Waals surface area contributed by atoms with E-state index in [-0.39, 0.29) is 6.04 Å². The van der Waals surface area contributed by atoms with Gasteiger partial charge in [0.05, 0.1) is 6.04 Å². The fraction of sp³-hybridized carbons (Fsp3) is 0.412. The quantitative estimate of drug-likeness (QED) is 0.803. The number of rotatable bonds is 3. The van der Waals surface area contributed by atoms with Crippen molar-refractivity contribution in [2.24, 2.45) is 0 Å². The molecule has 5 heteroatoms. The summed E-state index contributed by atoms with van der Waals surface area (Å²) in [5, 5.41) is 0. The number of nitrogens with zero attached hydrogens (tertiary/aromatic N) is 3. The van der Waals surface area contributed by atoms with Crippen LogP contribution in [0, 0.1) is 0 Å². The number of imidazole rings is 1. The van der Waals surface area contributed by atoms with E-state index in [4.69, 9.17) is 4.42 Å². The molecule has 0 amide bonds. The third-order valence-corrected chi connectivity index (χ3v) is 4.65. The van der Waals surface area contributed by atoms with Gasteiger partial charge in [0.15, 0.2) is 5.58 Å². The van der Waals surface area contributed by atoms with Gasteiger partial charge in [-0.3, -0.25) is 4.90 Å². The van der Waals surface area contributed by atoms with E-state index >= 15 is 0 Å². The molecule has 0 aliphatic carbocycles. The second-order valence-electron chi connectivity index (χ2n) is 5.98. The topological polar surface area (TPSA) is 58.0 Å². The highest BCUT2D eigenvalue weighted by molar-refractivity contribution is 5.72. The van der Waals surface area contributed by atoms with E-state index in [9.17, 15) is 0 Å². The first-order valence-electron chi connectivity index (χ1n) is 7.90. The maximum absolute atomic E-state index is 5.91. The van der Waals surface area contributed by atoms with Gasteiger partial charge in [-0.25, -0.2) is 9.97 Å². The molecule has 1 saturated heterocycles. The molecule has 1 unspecified atom stereocenters. The van der Waals surface area contributed by atoms with Gasteiger partial charge in [-0.15, -0.1) is 0 Å². The molecular weight excluding hydrogens is 276 g/mol. The predicted molar refractivity (Wildman–Crippen MR) is 84.6 cm³/mol. The van der Waals surface area contributed by atoms with Crippen LogP contribution in [-0.4, -0.2) is 32.9 Å². The Labute approximate surface area is 129 Å². The summed E-state index contributed by atoms with van der Waals surface area (Å²) in [5.74, 6) is 2.48. The molecular formula is C17H20N4O. The monoisotopic (exact) mass is 296 g/mol. The van der Waals surface area contributed by atoms with Crippen LogP contribution in [0.1, 0.15) is 43.4 Å². The Morgan fingerprint density at radius 1 is 1.27 bits per heavy atom. The minimum absolute atomic E-state index is 0.213. The second kappa shape index (κ2) is 5.57. The number of fused-ring (bicyclic) bond motifs is 1. The molecule has 5 nitrogen and oxygen atoms in total. The SMILES string of the molecule is CC(c1nc2ccccc2o1)N1CCC(c2ncc[nH]2)CC1. The van der Waals surface area contributed by atoms with Gasteiger partial charge >= 0.3 is 0 Å². The molecule has 22 heavy (non-hydrogen) atoms. The first-order chi connectivity index (χ1) is 10.8. The zero-order valence-corrected chi connectivity index (χ0v) is 12.7. The van der Waals surface area contributed by atoms with E-state index in [1.807, 2.05) is 36.7 Å². The first kappa shape index (κ1) is 13.5. The molecule has 1 aliphatic heterocycles. The minimum atomic E-state index is 0.213. The fourth-order valence-corrected chi connectivity index (χ4v) is 3.29. The zero-order chi connectivity index (χ0) is 14.9. The molecule has 0 spiro atoms. The smallest absolute Gasteiger partial charge is 0.212 e. The van der Waals surface area contributed by atoms with Crippen molar-refractivity contribution < 1.29 is 4.42 Å². The van der Waals surface area contributed by atoms with Crippen LogP contribution in [0.4, 0.5) is 0 Å². The summed E-state index contributed by atoms with van der Waals surface area (Å²) in [4.78, 5) is 14.7. The van der Waals surface area contributed by atoms with Gasteiger partial charge in [0.2, 0.25) is 5.89 Å². The number of hydrogen-bond acceptors (Lipinski definition) is 4. The molecule has 4 rings (SSSR count). The molecule has 1 fully saturated rings. The number of aromatic amines is 1. The maximum Gasteiger partial charge on any atom is 0.212 e. The lowest BCUT2D eigenvalue weighted by Gasteiger charge is -2.34. The van der Waals surface area contributed by atoms with Crippen molar-refractivity contribution >= 4 is 11.1 Å². The lowest BCUT2D eigenvalue weighted by atomic mass is 9.95. The third-order valence-electron chi connectivity index (χ3n) is 4.65. The van der Waals surface area contributed by atoms with Gasteiger partial charge in [-0.1, -0.05) is 12.1 Å². The molecule has 0 saturated carbocycles. The summed E-state index contributed by atoms with van der Waals surface area (Å²) < 4.78 is 5.91. The van der Waals surface area contributed by atoms with E-state index < -0.39 is 0 Å². The van der Waals surface area contributed by atoms with Gasteiger partial charge in [0, 0.05) is 18.3 Å². The van der Waals surface area contributed by atoms with E-state index in [1.165, 1.54) is 0 Å². The van der Waals surface area contributed by atoms with E-state index in [2.05, 4.69) is 26.8 Å². The molecule has 2 aromatic heterocycles. The molecule has 3 heterocycles. The Morgan fingerprint density at radius 2 is 2.09 bits per heavy atom. The van der Waals surface area contributed by atoms with Crippen LogP contribution in [0.25, 0.3) is 11.1 Å². The molecule has 1 aliphatic rings. The number of H-pyrrole nitrogens is 1. The van der Waals surface area contributed by atoms with Crippen LogP contribution in [-0.2, 0) is 0 Å².